The number of ketones is 1. The number of hydrogen-bond donors (Lipinski definition) is 0. The fourth-order valence-electron chi connectivity index (χ4n) is 13.0. The molecule has 8 aromatic carbocycles. The molecule has 0 atom stereocenters. The van der Waals surface area contributed by atoms with Crippen LogP contribution < -0.4 is 29.0 Å². The molecule has 0 saturated heterocycles. The van der Waals surface area contributed by atoms with Crippen molar-refractivity contribution in [3.63, 3.8) is 0 Å². The number of carbonyl (C=O) groups excluding carboxylic acids is 1. The largest absolute Gasteiger partial charge is 0.497 e. The predicted octanol–water partition coefficient (Wildman–Crippen LogP) is 13.8. The Kier molecular flexibility index (Phi) is 11.3. The Labute approximate surface area is 414 Å². The third-order valence-electron chi connectivity index (χ3n) is 15.8. The van der Waals surface area contributed by atoms with Crippen molar-refractivity contribution in [3.8, 4) is 57.5 Å². The van der Waals surface area contributed by atoms with Crippen LogP contribution in [0.2, 0.25) is 0 Å². The molecule has 0 amide bonds. The fraction of sp³-hybridized carbons (Fsp3) is 0.203. The second-order valence-electron chi connectivity index (χ2n) is 19.5. The van der Waals surface area contributed by atoms with Crippen molar-refractivity contribution < 1.29 is 33.8 Å². The lowest BCUT2D eigenvalue weighted by Gasteiger charge is -2.62. The molecule has 350 valence electrons. The number of Topliss-reactive ketones (excluding diaryl/α,β-unsaturated/α-hetero) is 1. The number of rotatable bonds is 13. The van der Waals surface area contributed by atoms with E-state index in [4.69, 9.17) is 29.0 Å². The zero-order valence-corrected chi connectivity index (χ0v) is 39.7. The van der Waals surface area contributed by atoms with Gasteiger partial charge in [0.2, 0.25) is 5.78 Å². The zero-order valence-electron chi connectivity index (χ0n) is 39.7. The van der Waals surface area contributed by atoms with Gasteiger partial charge in [-0.25, -0.2) is 0 Å². The van der Waals surface area contributed by atoms with Crippen LogP contribution in [-0.4, -0.2) is 20.0 Å². The first-order valence-electron chi connectivity index (χ1n) is 24.6. The minimum absolute atomic E-state index is 0.120. The van der Waals surface area contributed by atoms with Crippen LogP contribution in [0.5, 0.6) is 34.5 Å². The summed E-state index contributed by atoms with van der Waals surface area (Å²) < 4.78 is 10.8. The van der Waals surface area contributed by atoms with Gasteiger partial charge >= 0.3 is 0 Å². The van der Waals surface area contributed by atoms with Crippen LogP contribution >= 0.6 is 0 Å². The Morgan fingerprint density at radius 3 is 1.21 bits per heavy atom. The van der Waals surface area contributed by atoms with E-state index in [1.54, 1.807) is 62.8 Å². The number of fused-ring (bicyclic) bond motifs is 3. The van der Waals surface area contributed by atoms with Gasteiger partial charge in [0.15, 0.2) is 23.0 Å². The number of methoxy groups -OCH3 is 2. The Morgan fingerprint density at radius 1 is 0.423 bits per heavy atom. The van der Waals surface area contributed by atoms with Gasteiger partial charge in [0.25, 0.3) is 0 Å². The van der Waals surface area contributed by atoms with Crippen molar-refractivity contribution in [2.45, 2.75) is 42.9 Å². The molecule has 0 heterocycles. The summed E-state index contributed by atoms with van der Waals surface area (Å²) in [6.45, 7) is 0. The van der Waals surface area contributed by atoms with Gasteiger partial charge in [-0.1, -0.05) is 103 Å². The highest BCUT2D eigenvalue weighted by Crippen LogP contribution is 2.65. The van der Waals surface area contributed by atoms with Gasteiger partial charge in [-0.15, -0.1) is 0 Å². The third kappa shape index (κ3) is 7.75. The van der Waals surface area contributed by atoms with E-state index in [1.165, 1.54) is 71.0 Å². The highest BCUT2D eigenvalue weighted by Gasteiger charge is 2.58. The first-order chi connectivity index (χ1) is 34.9. The molecule has 8 aromatic rings. The molecular weight excluding hydrogens is 881 g/mol. The second-order valence-corrected chi connectivity index (χ2v) is 19.5. The van der Waals surface area contributed by atoms with Crippen molar-refractivity contribution in [2.24, 2.45) is 23.7 Å². The van der Waals surface area contributed by atoms with E-state index in [0.29, 0.717) is 51.7 Å². The SMILES string of the molecule is COc1ccc(C(=O)C#Cc2ccc(OOc3ccc(C4(c5ccc(OOc6ccc(C7(c8ccc(OC)cc8)c8ccccc8-c8ccccc87)cc6)cc5)C5CC6CC(C5)CC4C6)cc3)cc2)cc1. The maximum absolute atomic E-state index is 12.6. The monoisotopic (exact) mass is 932 g/mol. The molecule has 7 heteroatoms. The summed E-state index contributed by atoms with van der Waals surface area (Å²) in [5.41, 5.74) is 10.5. The van der Waals surface area contributed by atoms with E-state index in [-0.39, 0.29) is 11.2 Å². The predicted molar refractivity (Wildman–Crippen MR) is 274 cm³/mol. The number of carbonyl (C=O) groups is 1. The molecule has 4 saturated carbocycles. The van der Waals surface area contributed by atoms with Crippen molar-refractivity contribution in [3.05, 3.63) is 239 Å². The van der Waals surface area contributed by atoms with E-state index in [0.717, 1.165) is 23.1 Å². The summed E-state index contributed by atoms with van der Waals surface area (Å²) >= 11 is 0. The molecule has 5 aliphatic carbocycles. The Morgan fingerprint density at radius 2 is 0.789 bits per heavy atom. The summed E-state index contributed by atoms with van der Waals surface area (Å²) in [6.07, 6.45) is 6.37. The van der Waals surface area contributed by atoms with Crippen LogP contribution in [0.1, 0.15) is 81.4 Å². The summed E-state index contributed by atoms with van der Waals surface area (Å²) in [5, 5.41) is 0. The smallest absolute Gasteiger partial charge is 0.236 e. The molecule has 4 bridgehead atoms. The number of ether oxygens (including phenoxy) is 2. The molecular formula is C64H52O7. The van der Waals surface area contributed by atoms with Crippen LogP contribution in [0.4, 0.5) is 0 Å². The highest BCUT2D eigenvalue weighted by atomic mass is 17.2. The quantitative estimate of drug-likeness (QED) is 0.0493. The molecule has 0 aromatic heterocycles. The van der Waals surface area contributed by atoms with E-state index in [1.807, 2.05) is 36.4 Å². The van der Waals surface area contributed by atoms with Crippen molar-refractivity contribution in [1.29, 1.82) is 0 Å². The standard InChI is InChI=1S/C64H52O7/c1-66-52-26-14-45(15-27-52)62(65)36-13-42-11-24-54(25-12-42)68-69-55-30-18-46(19-31-55)63(50-38-43-37-44(40-50)41-51(63)39-43)47-20-32-56(33-21-47)70-71-57-34-22-49(23-35-57)64(48-16-28-53(67-2)29-17-48)60-9-5-3-7-58(60)59-8-4-6-10-61(59)64/h3-12,14-35,43-44,50-51H,37-41H2,1-2H3. The Bertz CT molecular complexity index is 3200. The maximum Gasteiger partial charge on any atom is 0.236 e. The topological polar surface area (TPSA) is 72.5 Å². The molecule has 0 radical (unpaired) electrons. The maximum atomic E-state index is 12.6. The summed E-state index contributed by atoms with van der Waals surface area (Å²) in [4.78, 5) is 36.3. The van der Waals surface area contributed by atoms with E-state index >= 15 is 0 Å². The fourth-order valence-corrected chi connectivity index (χ4v) is 13.0. The first kappa shape index (κ1) is 44.0. The van der Waals surface area contributed by atoms with Crippen LogP contribution in [-0.2, 0) is 10.8 Å². The van der Waals surface area contributed by atoms with Gasteiger partial charge in [0.1, 0.15) is 11.5 Å². The minimum Gasteiger partial charge on any atom is -0.497 e. The van der Waals surface area contributed by atoms with E-state index in [2.05, 4.69) is 121 Å². The molecule has 0 unspecified atom stereocenters. The molecule has 71 heavy (non-hydrogen) atoms. The average Bonchev–Trinajstić information content (AvgIpc) is 3.73. The molecule has 5 aliphatic rings. The molecule has 0 spiro atoms. The second kappa shape index (κ2) is 18.3. The van der Waals surface area contributed by atoms with Crippen molar-refractivity contribution in [2.75, 3.05) is 14.2 Å². The van der Waals surface area contributed by atoms with Crippen LogP contribution in [0.3, 0.4) is 0 Å². The summed E-state index contributed by atoms with van der Waals surface area (Å²) in [5.74, 6) is 12.0. The van der Waals surface area contributed by atoms with E-state index < -0.39 is 5.41 Å². The molecule has 7 nitrogen and oxygen atoms in total. The van der Waals surface area contributed by atoms with Crippen LogP contribution in [0, 0.1) is 35.5 Å². The normalized spacial score (nSPS) is 20.6. The van der Waals surface area contributed by atoms with Gasteiger partial charge in [-0.05, 0) is 203 Å². The van der Waals surface area contributed by atoms with Gasteiger partial charge in [0, 0.05) is 16.5 Å². The number of hydrogen-bond acceptors (Lipinski definition) is 7. The first-order valence-corrected chi connectivity index (χ1v) is 24.6. The van der Waals surface area contributed by atoms with Gasteiger partial charge in [0.05, 0.1) is 19.6 Å². The van der Waals surface area contributed by atoms with Crippen molar-refractivity contribution >= 4 is 5.78 Å². The van der Waals surface area contributed by atoms with Crippen LogP contribution in [0.15, 0.2) is 194 Å². The summed E-state index contributed by atoms with van der Waals surface area (Å²) in [7, 11) is 3.29. The molecule has 4 fully saturated rings. The van der Waals surface area contributed by atoms with Gasteiger partial charge < -0.3 is 9.47 Å². The van der Waals surface area contributed by atoms with Crippen LogP contribution in [0.25, 0.3) is 11.1 Å². The minimum atomic E-state index is -0.529. The Hall–Kier alpha value is -8.21. The zero-order chi connectivity index (χ0) is 47.9. The number of benzene rings is 8. The highest BCUT2D eigenvalue weighted by molar-refractivity contribution is 6.09. The molecule has 13 rings (SSSR count). The average molecular weight is 933 g/mol. The van der Waals surface area contributed by atoms with E-state index in [9.17, 15) is 4.79 Å². The lowest BCUT2D eigenvalue weighted by atomic mass is 9.42. The molecule has 0 N–H and O–H groups in total. The Balaban J connectivity index is 0.750. The summed E-state index contributed by atoms with van der Waals surface area (Å²) in [6, 6.07) is 65.5. The molecule has 0 aliphatic heterocycles. The van der Waals surface area contributed by atoms with Gasteiger partial charge in [-0.3, -0.25) is 24.3 Å². The lowest BCUT2D eigenvalue weighted by molar-refractivity contribution is -0.100. The van der Waals surface area contributed by atoms with Crippen molar-refractivity contribution in [1.82, 2.24) is 0 Å². The van der Waals surface area contributed by atoms with Gasteiger partial charge in [-0.2, -0.15) is 0 Å². The third-order valence-corrected chi connectivity index (χ3v) is 15.8. The lowest BCUT2D eigenvalue weighted by Crippen LogP contribution is -2.56.